The van der Waals surface area contributed by atoms with Gasteiger partial charge in [0.25, 0.3) is 5.91 Å². The molecule has 0 aliphatic heterocycles. The second kappa shape index (κ2) is 11.3. The average molecular weight is 462 g/mol. The number of carbonyl (C=O) groups is 1. The Bertz CT molecular complexity index is 1370. The van der Waals surface area contributed by atoms with Crippen LogP contribution in [0.25, 0.3) is 23.0 Å². The lowest BCUT2D eigenvalue weighted by Gasteiger charge is -2.05. The van der Waals surface area contributed by atoms with Crippen LogP contribution in [0.5, 0.6) is 5.75 Å². The van der Waals surface area contributed by atoms with Crippen molar-refractivity contribution < 1.29 is 9.53 Å². The van der Waals surface area contributed by atoms with Gasteiger partial charge in [-0.2, -0.15) is 10.4 Å². The van der Waals surface area contributed by atoms with E-state index in [1.165, 1.54) is 0 Å². The van der Waals surface area contributed by atoms with E-state index in [1.54, 1.807) is 41.5 Å². The molecule has 35 heavy (non-hydrogen) atoms. The molecule has 0 saturated carbocycles. The summed E-state index contributed by atoms with van der Waals surface area (Å²) < 4.78 is 7.30. The summed E-state index contributed by atoms with van der Waals surface area (Å²) in [5.41, 5.74) is 3.78. The fraction of sp³-hybridized carbons (Fsp3) is 0.0714. The van der Waals surface area contributed by atoms with Crippen molar-refractivity contribution in [3.05, 3.63) is 115 Å². The summed E-state index contributed by atoms with van der Waals surface area (Å²) in [4.78, 5) is 16.8. The van der Waals surface area contributed by atoms with Crippen LogP contribution in [-0.2, 0) is 11.3 Å². The van der Waals surface area contributed by atoms with E-state index in [-0.39, 0.29) is 12.1 Å². The predicted molar refractivity (Wildman–Crippen MR) is 134 cm³/mol. The van der Waals surface area contributed by atoms with Crippen LogP contribution in [0.2, 0.25) is 0 Å². The number of pyridine rings is 1. The monoisotopic (exact) mass is 461 g/mol. The molecular formula is C28H23N5O2. The number of benzene rings is 2. The zero-order valence-electron chi connectivity index (χ0n) is 19.0. The molecule has 0 fully saturated rings. The number of nitriles is 1. The number of amides is 1. The number of aromatic nitrogens is 3. The highest BCUT2D eigenvalue weighted by Crippen LogP contribution is 2.27. The lowest BCUT2D eigenvalue weighted by atomic mass is 10.1. The maximum absolute atomic E-state index is 12.7. The Labute approximate surface area is 203 Å². The summed E-state index contributed by atoms with van der Waals surface area (Å²) in [6.07, 6.45) is 8.37. The van der Waals surface area contributed by atoms with Gasteiger partial charge in [0.15, 0.2) is 0 Å². The first kappa shape index (κ1) is 23.2. The molecule has 0 unspecified atom stereocenters. The Morgan fingerprint density at radius 2 is 1.91 bits per heavy atom. The second-order valence-corrected chi connectivity index (χ2v) is 7.55. The average Bonchev–Trinajstić information content (AvgIpc) is 3.34. The SMILES string of the molecule is C=CCOc1ccc(-c2nn(-c3ccccc3)cc2C=C(C#N)C(=O)NCc2cccnc2)cc1. The van der Waals surface area contributed by atoms with Gasteiger partial charge in [0, 0.05) is 36.3 Å². The largest absolute Gasteiger partial charge is 0.490 e. The number of rotatable bonds is 9. The van der Waals surface area contributed by atoms with E-state index < -0.39 is 5.91 Å². The van der Waals surface area contributed by atoms with Gasteiger partial charge in [-0.1, -0.05) is 36.9 Å². The Kier molecular flexibility index (Phi) is 7.46. The van der Waals surface area contributed by atoms with Gasteiger partial charge in [0.2, 0.25) is 0 Å². The Hall–Kier alpha value is -4.96. The van der Waals surface area contributed by atoms with Crippen LogP contribution in [0.4, 0.5) is 0 Å². The summed E-state index contributed by atoms with van der Waals surface area (Å²) in [5, 5.41) is 17.2. The minimum atomic E-state index is -0.470. The third-order valence-corrected chi connectivity index (χ3v) is 5.10. The summed E-state index contributed by atoms with van der Waals surface area (Å²) in [5.74, 6) is 0.240. The van der Waals surface area contributed by atoms with Crippen LogP contribution in [0.15, 0.2) is 104 Å². The van der Waals surface area contributed by atoms with Crippen molar-refractivity contribution >= 4 is 12.0 Å². The Balaban J connectivity index is 1.67. The highest BCUT2D eigenvalue weighted by molar-refractivity contribution is 6.02. The first-order chi connectivity index (χ1) is 17.2. The van der Waals surface area contributed by atoms with E-state index >= 15 is 0 Å². The quantitative estimate of drug-likeness (QED) is 0.221. The zero-order chi connectivity index (χ0) is 24.5. The molecule has 1 N–H and O–H groups in total. The van der Waals surface area contributed by atoms with Crippen LogP contribution >= 0.6 is 0 Å². The first-order valence-electron chi connectivity index (χ1n) is 11.0. The summed E-state index contributed by atoms with van der Waals surface area (Å²) in [6.45, 7) is 4.34. The van der Waals surface area contributed by atoms with E-state index in [0.717, 1.165) is 16.8 Å². The molecular weight excluding hydrogens is 438 g/mol. The Morgan fingerprint density at radius 3 is 2.60 bits per heavy atom. The molecule has 0 aliphatic rings. The first-order valence-corrected chi connectivity index (χ1v) is 11.0. The molecule has 1 amide bonds. The van der Waals surface area contributed by atoms with Crippen LogP contribution < -0.4 is 10.1 Å². The number of carbonyl (C=O) groups excluding carboxylic acids is 1. The van der Waals surface area contributed by atoms with Gasteiger partial charge in [-0.15, -0.1) is 0 Å². The van der Waals surface area contributed by atoms with Gasteiger partial charge in [0.05, 0.1) is 11.4 Å². The lowest BCUT2D eigenvalue weighted by Crippen LogP contribution is -2.24. The zero-order valence-corrected chi connectivity index (χ0v) is 19.0. The summed E-state index contributed by atoms with van der Waals surface area (Å²) >= 11 is 0. The van der Waals surface area contributed by atoms with Crippen molar-refractivity contribution in [1.82, 2.24) is 20.1 Å². The van der Waals surface area contributed by atoms with Gasteiger partial charge in [-0.3, -0.25) is 9.78 Å². The van der Waals surface area contributed by atoms with Gasteiger partial charge >= 0.3 is 0 Å². The van der Waals surface area contributed by atoms with Crippen LogP contribution in [0, 0.1) is 11.3 Å². The normalized spacial score (nSPS) is 10.9. The minimum Gasteiger partial charge on any atom is -0.490 e. The van der Waals surface area contributed by atoms with Crippen LogP contribution in [-0.4, -0.2) is 27.3 Å². The number of hydrogen-bond acceptors (Lipinski definition) is 5. The third kappa shape index (κ3) is 5.89. The lowest BCUT2D eigenvalue weighted by molar-refractivity contribution is -0.117. The maximum Gasteiger partial charge on any atom is 0.262 e. The minimum absolute atomic E-state index is 0.0197. The van der Waals surface area contributed by atoms with Crippen LogP contribution in [0.3, 0.4) is 0 Å². The molecule has 0 atom stereocenters. The van der Waals surface area contributed by atoms with E-state index in [9.17, 15) is 10.1 Å². The number of ether oxygens (including phenoxy) is 1. The fourth-order valence-corrected chi connectivity index (χ4v) is 3.38. The number of para-hydroxylation sites is 1. The molecule has 2 aromatic carbocycles. The number of nitrogens with one attached hydrogen (secondary N) is 1. The molecule has 0 bridgehead atoms. The van der Waals surface area contributed by atoms with E-state index in [0.29, 0.717) is 23.6 Å². The second-order valence-electron chi connectivity index (χ2n) is 7.55. The van der Waals surface area contributed by atoms with E-state index in [1.807, 2.05) is 66.7 Å². The third-order valence-electron chi connectivity index (χ3n) is 5.10. The smallest absolute Gasteiger partial charge is 0.262 e. The fourth-order valence-electron chi connectivity index (χ4n) is 3.38. The molecule has 172 valence electrons. The summed E-state index contributed by atoms with van der Waals surface area (Å²) in [7, 11) is 0. The van der Waals surface area contributed by atoms with Crippen LogP contribution in [0.1, 0.15) is 11.1 Å². The van der Waals surface area contributed by atoms with E-state index in [4.69, 9.17) is 9.84 Å². The molecule has 0 saturated heterocycles. The van der Waals surface area contributed by atoms with Gasteiger partial charge in [-0.05, 0) is 54.1 Å². The molecule has 0 aliphatic carbocycles. The van der Waals surface area contributed by atoms with Crippen molar-refractivity contribution in [2.45, 2.75) is 6.54 Å². The van der Waals surface area contributed by atoms with Crippen molar-refractivity contribution in [2.24, 2.45) is 0 Å². The molecule has 2 heterocycles. The Morgan fingerprint density at radius 1 is 1.11 bits per heavy atom. The predicted octanol–water partition coefficient (Wildman–Crippen LogP) is 4.72. The molecule has 4 aromatic rings. The molecule has 7 heteroatoms. The van der Waals surface area contributed by atoms with Crippen molar-refractivity contribution in [3.63, 3.8) is 0 Å². The molecule has 0 spiro atoms. The highest BCUT2D eigenvalue weighted by atomic mass is 16.5. The molecule has 7 nitrogen and oxygen atoms in total. The highest BCUT2D eigenvalue weighted by Gasteiger charge is 2.15. The van der Waals surface area contributed by atoms with Gasteiger partial charge in [0.1, 0.15) is 24.0 Å². The van der Waals surface area contributed by atoms with Crippen molar-refractivity contribution in [2.75, 3.05) is 6.61 Å². The summed E-state index contributed by atoms with van der Waals surface area (Å²) in [6, 6.07) is 22.8. The molecule has 2 aromatic heterocycles. The van der Waals surface area contributed by atoms with Gasteiger partial charge in [-0.25, -0.2) is 4.68 Å². The standard InChI is InChI=1S/C28H23N5O2/c1-2-15-35-26-12-10-22(11-13-26)27-24(20-33(32-27)25-8-4-3-5-9-25)16-23(17-29)28(34)31-19-21-7-6-14-30-18-21/h2-14,16,18,20H,1,15,19H2,(H,31,34). The maximum atomic E-state index is 12.7. The van der Waals surface area contributed by atoms with Gasteiger partial charge < -0.3 is 10.1 Å². The van der Waals surface area contributed by atoms with Crippen molar-refractivity contribution in [3.8, 4) is 28.8 Å². The molecule has 4 rings (SSSR count). The van der Waals surface area contributed by atoms with E-state index in [2.05, 4.69) is 16.9 Å². The number of nitrogens with zero attached hydrogens (tertiary/aromatic N) is 4. The molecule has 0 radical (unpaired) electrons. The van der Waals surface area contributed by atoms with Crippen molar-refractivity contribution in [1.29, 1.82) is 5.26 Å². The topological polar surface area (TPSA) is 92.8 Å². The number of hydrogen-bond donors (Lipinski definition) is 1.